The fraction of sp³-hybridized carbons (Fsp3) is 0.333. The molecule has 0 aliphatic rings. The van der Waals surface area contributed by atoms with E-state index in [1.165, 1.54) is 0 Å². The summed E-state index contributed by atoms with van der Waals surface area (Å²) in [5.74, 6) is 1.04. The zero-order valence-electron chi connectivity index (χ0n) is 4.55. The van der Waals surface area contributed by atoms with Gasteiger partial charge in [-0.2, -0.15) is 0 Å². The van der Waals surface area contributed by atoms with Gasteiger partial charge in [-0.15, -0.1) is 0 Å². The standard InChI is InChI=1S/C6H7OSi/c8-5-3-6-2-1-4-7-6/h1-2,4H,3,5H2. The van der Waals surface area contributed by atoms with E-state index in [2.05, 4.69) is 10.2 Å². The molecule has 0 unspecified atom stereocenters. The van der Waals surface area contributed by atoms with Gasteiger partial charge in [-0.05, 0) is 12.1 Å². The van der Waals surface area contributed by atoms with Gasteiger partial charge in [-0.1, -0.05) is 6.04 Å². The Morgan fingerprint density at radius 3 is 3.00 bits per heavy atom. The van der Waals surface area contributed by atoms with E-state index in [-0.39, 0.29) is 0 Å². The average molecular weight is 123 g/mol. The third-order valence-corrected chi connectivity index (χ3v) is 1.20. The first-order valence-corrected chi connectivity index (χ1v) is 3.31. The number of hydrogen-bond acceptors (Lipinski definition) is 1. The summed E-state index contributed by atoms with van der Waals surface area (Å²) in [4.78, 5) is 0. The number of hydrogen-bond donors (Lipinski definition) is 0. The molecule has 8 heavy (non-hydrogen) atoms. The zero-order chi connectivity index (χ0) is 5.82. The summed E-state index contributed by atoms with van der Waals surface area (Å²) in [7, 11) is 3.35. The van der Waals surface area contributed by atoms with Crippen LogP contribution >= 0.6 is 0 Å². The highest BCUT2D eigenvalue weighted by molar-refractivity contribution is 6.08. The molecule has 0 bridgehead atoms. The molecule has 0 spiro atoms. The molecular formula is C6H7OSi. The Morgan fingerprint density at radius 1 is 1.62 bits per heavy atom. The first-order chi connectivity index (χ1) is 3.93. The molecule has 0 aliphatic heterocycles. The van der Waals surface area contributed by atoms with Crippen LogP contribution in [0.2, 0.25) is 6.04 Å². The molecule has 0 atom stereocenters. The van der Waals surface area contributed by atoms with Crippen molar-refractivity contribution in [3.05, 3.63) is 24.2 Å². The smallest absolute Gasteiger partial charge is 0.103 e. The second kappa shape index (κ2) is 2.72. The Bertz CT molecular complexity index is 134. The molecule has 0 amide bonds. The zero-order valence-corrected chi connectivity index (χ0v) is 5.55. The second-order valence-corrected chi connectivity index (χ2v) is 2.08. The molecule has 41 valence electrons. The van der Waals surface area contributed by atoms with Crippen LogP contribution in [0.15, 0.2) is 22.8 Å². The minimum Gasteiger partial charge on any atom is -0.469 e. The Labute approximate surface area is 52.1 Å². The largest absolute Gasteiger partial charge is 0.469 e. The van der Waals surface area contributed by atoms with Gasteiger partial charge in [-0.3, -0.25) is 0 Å². The molecule has 0 aliphatic carbocycles. The van der Waals surface area contributed by atoms with Crippen molar-refractivity contribution in [3.8, 4) is 0 Å². The molecule has 1 nitrogen and oxygen atoms in total. The van der Waals surface area contributed by atoms with Crippen molar-refractivity contribution in [2.75, 3.05) is 0 Å². The van der Waals surface area contributed by atoms with Crippen molar-refractivity contribution in [1.82, 2.24) is 0 Å². The maximum atomic E-state index is 5.04. The molecule has 0 fully saturated rings. The van der Waals surface area contributed by atoms with E-state index in [0.29, 0.717) is 0 Å². The van der Waals surface area contributed by atoms with Crippen molar-refractivity contribution in [3.63, 3.8) is 0 Å². The van der Waals surface area contributed by atoms with Crippen molar-refractivity contribution in [1.29, 1.82) is 0 Å². The van der Waals surface area contributed by atoms with Gasteiger partial charge in [0, 0.05) is 16.7 Å². The van der Waals surface area contributed by atoms with Gasteiger partial charge in [0.15, 0.2) is 0 Å². The molecule has 0 N–H and O–H groups in total. The minimum atomic E-state index is 0.966. The highest BCUT2D eigenvalue weighted by Crippen LogP contribution is 2.01. The first kappa shape index (κ1) is 5.63. The molecule has 0 saturated carbocycles. The fourth-order valence-corrected chi connectivity index (χ4v) is 0.824. The summed E-state index contributed by atoms with van der Waals surface area (Å²) in [5.41, 5.74) is 0. The van der Waals surface area contributed by atoms with Crippen molar-refractivity contribution >= 4 is 10.2 Å². The Hall–Kier alpha value is -0.503. The van der Waals surface area contributed by atoms with E-state index in [9.17, 15) is 0 Å². The third-order valence-electron chi connectivity index (χ3n) is 0.952. The maximum absolute atomic E-state index is 5.04. The Morgan fingerprint density at radius 2 is 2.50 bits per heavy atom. The quantitative estimate of drug-likeness (QED) is 0.542. The highest BCUT2D eigenvalue weighted by Gasteiger charge is 1.88. The van der Waals surface area contributed by atoms with E-state index in [4.69, 9.17) is 4.42 Å². The van der Waals surface area contributed by atoms with Crippen LogP contribution in [-0.4, -0.2) is 10.2 Å². The lowest BCUT2D eigenvalue weighted by molar-refractivity contribution is 0.516. The van der Waals surface area contributed by atoms with Gasteiger partial charge in [0.25, 0.3) is 0 Å². The van der Waals surface area contributed by atoms with E-state index in [1.54, 1.807) is 6.26 Å². The lowest BCUT2D eigenvalue weighted by Crippen LogP contribution is -1.76. The summed E-state index contributed by atoms with van der Waals surface area (Å²) in [6.07, 6.45) is 2.67. The Balaban J connectivity index is 2.50. The van der Waals surface area contributed by atoms with Crippen LogP contribution in [0.3, 0.4) is 0 Å². The predicted octanol–water partition coefficient (Wildman–Crippen LogP) is 1.41. The van der Waals surface area contributed by atoms with Gasteiger partial charge in [-0.25, -0.2) is 0 Å². The molecule has 0 saturated heterocycles. The Kier molecular flexibility index (Phi) is 1.91. The molecule has 1 aromatic rings. The van der Waals surface area contributed by atoms with Crippen molar-refractivity contribution in [2.45, 2.75) is 12.5 Å². The molecule has 3 radical (unpaired) electrons. The minimum absolute atomic E-state index is 0.966. The van der Waals surface area contributed by atoms with Gasteiger partial charge in [0.05, 0.1) is 6.26 Å². The van der Waals surface area contributed by atoms with E-state index in [1.807, 2.05) is 12.1 Å². The first-order valence-electron chi connectivity index (χ1n) is 2.60. The lowest BCUT2D eigenvalue weighted by atomic mass is 10.4. The van der Waals surface area contributed by atoms with Crippen LogP contribution in [0.25, 0.3) is 0 Å². The number of rotatable bonds is 2. The predicted molar refractivity (Wildman–Crippen MR) is 33.0 cm³/mol. The average Bonchev–Trinajstić information content (AvgIpc) is 2.19. The monoisotopic (exact) mass is 123 g/mol. The second-order valence-electron chi connectivity index (χ2n) is 1.58. The lowest BCUT2D eigenvalue weighted by Gasteiger charge is -1.85. The summed E-state index contributed by atoms with van der Waals surface area (Å²) in [5, 5.41) is 0. The molecule has 0 aromatic carbocycles. The van der Waals surface area contributed by atoms with Crippen LogP contribution in [0.4, 0.5) is 0 Å². The molecule has 2 heteroatoms. The van der Waals surface area contributed by atoms with Crippen LogP contribution in [0.1, 0.15) is 5.76 Å². The van der Waals surface area contributed by atoms with Crippen molar-refractivity contribution in [2.24, 2.45) is 0 Å². The van der Waals surface area contributed by atoms with Gasteiger partial charge in [0.2, 0.25) is 0 Å². The van der Waals surface area contributed by atoms with E-state index >= 15 is 0 Å². The van der Waals surface area contributed by atoms with Gasteiger partial charge < -0.3 is 4.42 Å². The normalized spacial score (nSPS) is 9.62. The molecular weight excluding hydrogens is 116 g/mol. The van der Waals surface area contributed by atoms with Crippen LogP contribution in [-0.2, 0) is 6.42 Å². The maximum Gasteiger partial charge on any atom is 0.103 e. The van der Waals surface area contributed by atoms with E-state index in [0.717, 1.165) is 18.2 Å². The molecule has 1 heterocycles. The number of aryl methyl sites for hydroxylation is 1. The summed E-state index contributed by atoms with van der Waals surface area (Å²) in [6.45, 7) is 0. The van der Waals surface area contributed by atoms with E-state index < -0.39 is 0 Å². The summed E-state index contributed by atoms with van der Waals surface area (Å²) < 4.78 is 5.04. The topological polar surface area (TPSA) is 13.1 Å². The summed E-state index contributed by atoms with van der Waals surface area (Å²) in [6, 6.07) is 4.84. The molecule has 1 aromatic heterocycles. The number of furan rings is 1. The van der Waals surface area contributed by atoms with Crippen LogP contribution < -0.4 is 0 Å². The van der Waals surface area contributed by atoms with Crippen molar-refractivity contribution < 1.29 is 4.42 Å². The van der Waals surface area contributed by atoms with Crippen LogP contribution in [0.5, 0.6) is 0 Å². The van der Waals surface area contributed by atoms with Crippen LogP contribution in [0, 0.1) is 0 Å². The summed E-state index contributed by atoms with van der Waals surface area (Å²) >= 11 is 0. The SMILES string of the molecule is [Si]CCc1ccco1. The van der Waals surface area contributed by atoms with Gasteiger partial charge in [0.1, 0.15) is 5.76 Å². The fourth-order valence-electron chi connectivity index (χ4n) is 0.578. The van der Waals surface area contributed by atoms with Gasteiger partial charge >= 0.3 is 0 Å². The molecule has 1 rings (SSSR count). The highest BCUT2D eigenvalue weighted by atomic mass is 28.1. The third kappa shape index (κ3) is 1.23.